The lowest BCUT2D eigenvalue weighted by atomic mass is 9.89. The second-order valence-electron chi connectivity index (χ2n) is 14.0. The van der Waals surface area contributed by atoms with Crippen LogP contribution in [-0.4, -0.2) is 0 Å². The third kappa shape index (κ3) is 5.06. The molecule has 0 amide bonds. The summed E-state index contributed by atoms with van der Waals surface area (Å²) in [5.41, 5.74) is 9.30. The standard InChI is InChI=1S/C48H26O2S2.C3H6/c1-3-13-43-29(7-1)25-45(51-43)33-19-21-37-31-17-15-27(23-41(31)49-39-11-5-9-35(33)47(37)39)28-16-18-32-38-22-20-34(46-26-30-8-2-4-14-44(30)52-46)36-10-6-12-40(48(36)38)50-42(32)24-28;1-3-2/h1-26H;3H,1H2,2H3. The molecule has 2 nitrogen and oxygen atoms in total. The first-order valence-electron chi connectivity index (χ1n) is 18.5. The van der Waals surface area contributed by atoms with Gasteiger partial charge < -0.3 is 9.47 Å². The maximum atomic E-state index is 6.70. The molecule has 0 radical (unpaired) electrons. The summed E-state index contributed by atoms with van der Waals surface area (Å²) < 4.78 is 16.0. The Morgan fingerprint density at radius 2 is 0.836 bits per heavy atom. The first kappa shape index (κ1) is 32.0. The Morgan fingerprint density at radius 3 is 1.29 bits per heavy atom. The number of fused-ring (bicyclic) bond motifs is 6. The molecule has 2 aliphatic rings. The van der Waals surface area contributed by atoms with Gasteiger partial charge in [0.2, 0.25) is 0 Å². The van der Waals surface area contributed by atoms with Gasteiger partial charge in [0.05, 0.1) is 0 Å². The van der Waals surface area contributed by atoms with Crippen molar-refractivity contribution in [3.8, 4) is 77.3 Å². The summed E-state index contributed by atoms with van der Waals surface area (Å²) in [6.45, 7) is 5.25. The molecule has 8 aromatic carbocycles. The van der Waals surface area contributed by atoms with Gasteiger partial charge in [-0.05, 0) is 123 Å². The zero-order valence-electron chi connectivity index (χ0n) is 29.9. The van der Waals surface area contributed by atoms with E-state index in [1.54, 1.807) is 6.08 Å². The van der Waals surface area contributed by atoms with Crippen molar-refractivity contribution >= 4 is 64.4 Å². The number of hydrogen-bond donors (Lipinski definition) is 0. The van der Waals surface area contributed by atoms with Crippen LogP contribution in [0.4, 0.5) is 0 Å². The summed E-state index contributed by atoms with van der Waals surface area (Å²) in [5, 5.41) is 7.33. The van der Waals surface area contributed by atoms with Gasteiger partial charge in [-0.15, -0.1) is 29.3 Å². The van der Waals surface area contributed by atoms with Crippen LogP contribution >= 0.6 is 22.7 Å². The average molecular weight is 741 g/mol. The molecule has 2 aromatic heterocycles. The Kier molecular flexibility index (Phi) is 7.31. The van der Waals surface area contributed by atoms with Crippen molar-refractivity contribution in [2.45, 2.75) is 6.92 Å². The molecule has 0 N–H and O–H groups in total. The summed E-state index contributed by atoms with van der Waals surface area (Å²) in [4.78, 5) is 2.55. The van der Waals surface area contributed by atoms with Gasteiger partial charge in [-0.2, -0.15) is 0 Å². The van der Waals surface area contributed by atoms with Crippen molar-refractivity contribution in [2.75, 3.05) is 0 Å². The Balaban J connectivity index is 0.00000114. The zero-order chi connectivity index (χ0) is 36.6. The Bertz CT molecular complexity index is 2920. The van der Waals surface area contributed by atoms with E-state index >= 15 is 0 Å². The highest BCUT2D eigenvalue weighted by atomic mass is 32.1. The van der Waals surface area contributed by atoms with Crippen LogP contribution in [0.1, 0.15) is 6.92 Å². The summed E-state index contributed by atoms with van der Waals surface area (Å²) >= 11 is 3.68. The first-order chi connectivity index (χ1) is 27.1. The number of allylic oxidation sites excluding steroid dienone is 1. The molecular formula is C51H32O2S2. The SMILES string of the molecule is C=CC.c1ccc2sc(-c3ccc4c5c(cccc35)Oc3cc(-c5ccc6c(c5)Oc5cccc7c(-c8cc9ccccc9s8)ccc-6c57)ccc3-4)cc2c1. The molecule has 2 aliphatic heterocycles. The van der Waals surface area contributed by atoms with Crippen molar-refractivity contribution < 1.29 is 9.47 Å². The van der Waals surface area contributed by atoms with E-state index in [1.807, 2.05) is 29.6 Å². The molecule has 0 saturated carbocycles. The molecule has 4 heterocycles. The van der Waals surface area contributed by atoms with E-state index in [0.29, 0.717) is 0 Å². The normalized spacial score (nSPS) is 12.1. The molecule has 4 heteroatoms. The van der Waals surface area contributed by atoms with Gasteiger partial charge in [-0.1, -0.05) is 103 Å². The lowest BCUT2D eigenvalue weighted by molar-refractivity contribution is 0.486. The highest BCUT2D eigenvalue weighted by Crippen LogP contribution is 2.53. The lowest BCUT2D eigenvalue weighted by Gasteiger charge is -2.24. The number of rotatable bonds is 3. The zero-order valence-corrected chi connectivity index (χ0v) is 31.6. The number of thiophene rings is 2. The molecule has 12 rings (SSSR count). The number of hydrogen-bond acceptors (Lipinski definition) is 4. The molecule has 0 spiro atoms. The molecule has 55 heavy (non-hydrogen) atoms. The van der Waals surface area contributed by atoms with E-state index < -0.39 is 0 Å². The summed E-state index contributed by atoms with van der Waals surface area (Å²) in [7, 11) is 0. The van der Waals surface area contributed by atoms with Gasteiger partial charge in [0.1, 0.15) is 23.0 Å². The smallest absolute Gasteiger partial charge is 0.135 e. The maximum absolute atomic E-state index is 6.70. The van der Waals surface area contributed by atoms with Crippen molar-refractivity contribution in [3.63, 3.8) is 0 Å². The Hall–Kier alpha value is -6.46. The fraction of sp³-hybridized carbons (Fsp3) is 0.0196. The Labute approximate surface area is 326 Å². The molecular weight excluding hydrogens is 709 g/mol. The quantitative estimate of drug-likeness (QED) is 0.168. The highest BCUT2D eigenvalue weighted by Gasteiger charge is 2.25. The Morgan fingerprint density at radius 1 is 0.418 bits per heavy atom. The van der Waals surface area contributed by atoms with Gasteiger partial charge in [0.25, 0.3) is 0 Å². The molecule has 0 unspecified atom stereocenters. The lowest BCUT2D eigenvalue weighted by Crippen LogP contribution is -1.99. The van der Waals surface area contributed by atoms with Gasteiger partial charge in [-0.25, -0.2) is 0 Å². The average Bonchev–Trinajstić information content (AvgIpc) is 3.86. The van der Waals surface area contributed by atoms with Gasteiger partial charge in [-0.3, -0.25) is 0 Å². The van der Waals surface area contributed by atoms with E-state index in [-0.39, 0.29) is 0 Å². The van der Waals surface area contributed by atoms with Crippen molar-refractivity contribution in [3.05, 3.63) is 170 Å². The molecule has 0 bridgehead atoms. The minimum absolute atomic E-state index is 0.870. The highest BCUT2D eigenvalue weighted by molar-refractivity contribution is 7.22. The van der Waals surface area contributed by atoms with Crippen molar-refractivity contribution in [1.29, 1.82) is 0 Å². The van der Waals surface area contributed by atoms with Gasteiger partial charge >= 0.3 is 0 Å². The van der Waals surface area contributed by atoms with Crippen LogP contribution in [0.15, 0.2) is 170 Å². The van der Waals surface area contributed by atoms with Crippen LogP contribution in [0, 0.1) is 0 Å². The van der Waals surface area contributed by atoms with E-state index in [4.69, 9.17) is 9.47 Å². The second kappa shape index (κ2) is 12.6. The van der Waals surface area contributed by atoms with Gasteiger partial charge in [0, 0.05) is 41.1 Å². The predicted octanol–water partition coefficient (Wildman–Crippen LogP) is 16.2. The monoisotopic (exact) mass is 740 g/mol. The van der Waals surface area contributed by atoms with Crippen LogP contribution < -0.4 is 9.47 Å². The minimum Gasteiger partial charge on any atom is -0.456 e. The molecule has 0 fully saturated rings. The molecule has 10 aromatic rings. The van der Waals surface area contributed by atoms with E-state index in [0.717, 1.165) is 45.3 Å². The summed E-state index contributed by atoms with van der Waals surface area (Å²) in [6, 6.07) is 56.9. The van der Waals surface area contributed by atoms with Crippen molar-refractivity contribution in [2.24, 2.45) is 0 Å². The third-order valence-corrected chi connectivity index (χ3v) is 13.0. The maximum Gasteiger partial charge on any atom is 0.135 e. The predicted molar refractivity (Wildman–Crippen MR) is 235 cm³/mol. The van der Waals surface area contributed by atoms with E-state index in [1.165, 1.54) is 73.7 Å². The topological polar surface area (TPSA) is 18.5 Å². The minimum atomic E-state index is 0.870. The fourth-order valence-corrected chi connectivity index (χ4v) is 10.5. The number of benzene rings is 8. The summed E-state index contributed by atoms with van der Waals surface area (Å²) in [5.74, 6) is 3.53. The summed E-state index contributed by atoms with van der Waals surface area (Å²) in [6.07, 6.45) is 1.75. The van der Waals surface area contributed by atoms with Crippen LogP contribution in [0.2, 0.25) is 0 Å². The van der Waals surface area contributed by atoms with Crippen LogP contribution in [0.5, 0.6) is 23.0 Å². The fourth-order valence-electron chi connectivity index (χ4n) is 8.28. The second-order valence-corrected chi connectivity index (χ2v) is 16.2. The largest absolute Gasteiger partial charge is 0.456 e. The molecule has 0 aliphatic carbocycles. The van der Waals surface area contributed by atoms with Crippen LogP contribution in [-0.2, 0) is 0 Å². The van der Waals surface area contributed by atoms with Crippen LogP contribution in [0.3, 0.4) is 0 Å². The van der Waals surface area contributed by atoms with Gasteiger partial charge in [0.15, 0.2) is 0 Å². The van der Waals surface area contributed by atoms with Crippen LogP contribution in [0.25, 0.3) is 96.0 Å². The molecule has 0 atom stereocenters. The van der Waals surface area contributed by atoms with E-state index in [2.05, 4.69) is 164 Å². The van der Waals surface area contributed by atoms with Crippen molar-refractivity contribution in [1.82, 2.24) is 0 Å². The number of ether oxygens (including phenoxy) is 2. The first-order valence-corrected chi connectivity index (χ1v) is 20.1. The molecule has 260 valence electrons. The van der Waals surface area contributed by atoms with E-state index in [9.17, 15) is 0 Å². The third-order valence-electron chi connectivity index (χ3n) is 10.7. The molecule has 0 saturated heterocycles.